The lowest BCUT2D eigenvalue weighted by Gasteiger charge is -2.13. The average molecular weight is 379 g/mol. The summed E-state index contributed by atoms with van der Waals surface area (Å²) in [5.41, 5.74) is 5.08. The fourth-order valence-corrected chi connectivity index (χ4v) is 3.33. The molecule has 25 heavy (non-hydrogen) atoms. The van der Waals surface area contributed by atoms with Crippen LogP contribution in [0.2, 0.25) is 10.0 Å². The molecule has 0 N–H and O–H groups in total. The summed E-state index contributed by atoms with van der Waals surface area (Å²) in [5, 5.41) is 1.60. The van der Waals surface area contributed by atoms with Crippen molar-refractivity contribution < 1.29 is 4.74 Å². The van der Waals surface area contributed by atoms with Crippen molar-refractivity contribution in [2.24, 2.45) is 0 Å². The number of halogens is 2. The quantitative estimate of drug-likeness (QED) is 0.418. The summed E-state index contributed by atoms with van der Waals surface area (Å²) >= 11 is 12.3. The summed E-state index contributed by atoms with van der Waals surface area (Å²) in [5.74, 6) is 0. The Bertz CT molecular complexity index is 610. The number of ether oxygens (including phenoxy) is 1. The normalized spacial score (nSPS) is 11.0. The first-order chi connectivity index (χ1) is 12.1. The molecule has 0 fully saturated rings. The first-order valence-electron chi connectivity index (χ1n) is 9.26. The van der Waals surface area contributed by atoms with Crippen LogP contribution in [0.5, 0.6) is 0 Å². The molecule has 0 bridgehead atoms. The third-order valence-electron chi connectivity index (χ3n) is 4.45. The maximum Gasteiger partial charge on any atom is 0.0724 e. The van der Waals surface area contributed by atoms with Crippen molar-refractivity contribution in [3.8, 4) is 0 Å². The molecular formula is C22H28Cl2O. The van der Waals surface area contributed by atoms with Gasteiger partial charge in [0, 0.05) is 10.0 Å². The first-order valence-corrected chi connectivity index (χ1v) is 10.0. The summed E-state index contributed by atoms with van der Waals surface area (Å²) in [6, 6.07) is 12.2. The Hall–Kier alpha value is -1.02. The number of unbranched alkanes of at least 4 members (excludes halogenated alkanes) is 2. The van der Waals surface area contributed by atoms with Gasteiger partial charge in [-0.15, -0.1) is 0 Å². The second-order valence-corrected chi connectivity index (χ2v) is 7.40. The number of hydrogen-bond acceptors (Lipinski definition) is 1. The van der Waals surface area contributed by atoms with Gasteiger partial charge in [-0.1, -0.05) is 62.0 Å². The van der Waals surface area contributed by atoms with E-state index in [-0.39, 0.29) is 0 Å². The van der Waals surface area contributed by atoms with Crippen LogP contribution in [0.25, 0.3) is 0 Å². The van der Waals surface area contributed by atoms with Crippen LogP contribution in [0.4, 0.5) is 0 Å². The van der Waals surface area contributed by atoms with Crippen LogP contribution in [0.1, 0.15) is 61.8 Å². The number of aryl methyl sites for hydroxylation is 2. The molecule has 0 saturated carbocycles. The number of benzene rings is 2. The van der Waals surface area contributed by atoms with E-state index < -0.39 is 0 Å². The third-order valence-corrected chi connectivity index (χ3v) is 4.92. The molecule has 0 unspecified atom stereocenters. The molecule has 0 heterocycles. The molecule has 3 heteroatoms. The molecular weight excluding hydrogens is 351 g/mol. The van der Waals surface area contributed by atoms with E-state index in [1.54, 1.807) is 0 Å². The van der Waals surface area contributed by atoms with Crippen molar-refractivity contribution in [1.82, 2.24) is 0 Å². The van der Waals surface area contributed by atoms with Crippen LogP contribution >= 0.6 is 23.2 Å². The van der Waals surface area contributed by atoms with Gasteiger partial charge in [0.1, 0.15) is 0 Å². The van der Waals surface area contributed by atoms with Gasteiger partial charge in [0.25, 0.3) is 0 Å². The van der Waals surface area contributed by atoms with Crippen LogP contribution in [0.3, 0.4) is 0 Å². The minimum atomic E-state index is 0.617. The van der Waals surface area contributed by atoms with E-state index in [0.29, 0.717) is 13.2 Å². The standard InChI is InChI=1S/C22H28Cl2O/c1-3-5-7-17-13-21(23)11-9-19(17)15-25-16-20-10-12-22(24)14-18(20)8-6-4-2/h9-14H,3-8,15-16H2,1-2H3. The van der Waals surface area contributed by atoms with Gasteiger partial charge in [0.2, 0.25) is 0 Å². The Morgan fingerprint density at radius 3 is 1.52 bits per heavy atom. The molecule has 0 amide bonds. The van der Waals surface area contributed by atoms with Crippen molar-refractivity contribution in [2.45, 2.75) is 65.6 Å². The predicted octanol–water partition coefficient (Wildman–Crippen LogP) is 7.40. The number of hydrogen-bond donors (Lipinski definition) is 0. The van der Waals surface area contributed by atoms with Gasteiger partial charge in [0.15, 0.2) is 0 Å². The highest BCUT2D eigenvalue weighted by atomic mass is 35.5. The van der Waals surface area contributed by atoms with E-state index in [4.69, 9.17) is 27.9 Å². The molecule has 1 nitrogen and oxygen atoms in total. The monoisotopic (exact) mass is 378 g/mol. The lowest BCUT2D eigenvalue weighted by atomic mass is 10.0. The molecule has 136 valence electrons. The molecule has 2 aromatic carbocycles. The molecule has 0 saturated heterocycles. The zero-order valence-corrected chi connectivity index (χ0v) is 16.8. The van der Waals surface area contributed by atoms with Gasteiger partial charge in [-0.05, 0) is 72.2 Å². The third kappa shape index (κ3) is 6.66. The fraction of sp³-hybridized carbons (Fsp3) is 0.455. The van der Waals surface area contributed by atoms with Gasteiger partial charge in [-0.3, -0.25) is 0 Å². The van der Waals surface area contributed by atoms with Crippen LogP contribution in [-0.4, -0.2) is 0 Å². The lowest BCUT2D eigenvalue weighted by molar-refractivity contribution is 0.106. The smallest absolute Gasteiger partial charge is 0.0724 e. The lowest BCUT2D eigenvalue weighted by Crippen LogP contribution is -2.01. The molecule has 2 aromatic rings. The highest BCUT2D eigenvalue weighted by Crippen LogP contribution is 2.22. The number of rotatable bonds is 10. The first kappa shape index (κ1) is 20.3. The van der Waals surface area contributed by atoms with Gasteiger partial charge < -0.3 is 4.74 Å². The highest BCUT2D eigenvalue weighted by molar-refractivity contribution is 6.30. The zero-order valence-electron chi connectivity index (χ0n) is 15.3. The maximum atomic E-state index is 6.16. The molecule has 0 atom stereocenters. The second-order valence-electron chi connectivity index (χ2n) is 6.53. The SMILES string of the molecule is CCCCc1cc(Cl)ccc1COCc1ccc(Cl)cc1CCCC. The molecule has 0 aromatic heterocycles. The Kier molecular flexibility index (Phi) is 8.81. The Balaban J connectivity index is 2.01. The average Bonchev–Trinajstić information content (AvgIpc) is 2.61. The van der Waals surface area contributed by atoms with Crippen LogP contribution < -0.4 is 0 Å². The Morgan fingerprint density at radius 2 is 1.12 bits per heavy atom. The predicted molar refractivity (Wildman–Crippen MR) is 109 cm³/mol. The summed E-state index contributed by atoms with van der Waals surface area (Å²) < 4.78 is 6.04. The van der Waals surface area contributed by atoms with E-state index in [2.05, 4.69) is 38.1 Å². The molecule has 0 spiro atoms. The van der Waals surface area contributed by atoms with Crippen LogP contribution in [-0.2, 0) is 30.8 Å². The molecule has 0 radical (unpaired) electrons. The van der Waals surface area contributed by atoms with Crippen molar-refractivity contribution in [1.29, 1.82) is 0 Å². The maximum absolute atomic E-state index is 6.16. The van der Waals surface area contributed by atoms with Crippen molar-refractivity contribution in [3.05, 3.63) is 68.7 Å². The van der Waals surface area contributed by atoms with Crippen molar-refractivity contribution in [2.75, 3.05) is 0 Å². The fourth-order valence-electron chi connectivity index (χ4n) is 2.94. The Morgan fingerprint density at radius 1 is 0.680 bits per heavy atom. The van der Waals surface area contributed by atoms with E-state index in [0.717, 1.165) is 22.9 Å². The second kappa shape index (κ2) is 10.9. The van der Waals surface area contributed by atoms with Gasteiger partial charge >= 0.3 is 0 Å². The van der Waals surface area contributed by atoms with Crippen LogP contribution in [0, 0.1) is 0 Å². The van der Waals surface area contributed by atoms with Gasteiger partial charge in [0.05, 0.1) is 13.2 Å². The molecule has 2 rings (SSSR count). The topological polar surface area (TPSA) is 9.23 Å². The summed E-state index contributed by atoms with van der Waals surface area (Å²) in [4.78, 5) is 0. The van der Waals surface area contributed by atoms with Crippen molar-refractivity contribution in [3.63, 3.8) is 0 Å². The van der Waals surface area contributed by atoms with E-state index in [1.807, 2.05) is 12.1 Å². The van der Waals surface area contributed by atoms with Crippen LogP contribution in [0.15, 0.2) is 36.4 Å². The van der Waals surface area contributed by atoms with E-state index >= 15 is 0 Å². The van der Waals surface area contributed by atoms with E-state index in [1.165, 1.54) is 47.9 Å². The molecule has 0 aliphatic heterocycles. The minimum Gasteiger partial charge on any atom is -0.372 e. The minimum absolute atomic E-state index is 0.617. The molecule has 0 aliphatic rings. The van der Waals surface area contributed by atoms with E-state index in [9.17, 15) is 0 Å². The van der Waals surface area contributed by atoms with Gasteiger partial charge in [-0.2, -0.15) is 0 Å². The van der Waals surface area contributed by atoms with Crippen molar-refractivity contribution >= 4 is 23.2 Å². The summed E-state index contributed by atoms with van der Waals surface area (Å²) in [6.07, 6.45) is 6.81. The largest absolute Gasteiger partial charge is 0.372 e. The summed E-state index contributed by atoms with van der Waals surface area (Å²) in [6.45, 7) is 5.65. The summed E-state index contributed by atoms with van der Waals surface area (Å²) in [7, 11) is 0. The Labute approximate surface area is 162 Å². The highest BCUT2D eigenvalue weighted by Gasteiger charge is 2.07. The van der Waals surface area contributed by atoms with Gasteiger partial charge in [-0.25, -0.2) is 0 Å². The molecule has 0 aliphatic carbocycles. The zero-order chi connectivity index (χ0) is 18.1.